The summed E-state index contributed by atoms with van der Waals surface area (Å²) in [5.41, 5.74) is 1.15. The van der Waals surface area contributed by atoms with Crippen LogP contribution in [0.25, 0.3) is 11.0 Å². The van der Waals surface area contributed by atoms with Crippen LogP contribution in [0.3, 0.4) is 0 Å². The Labute approximate surface area is 240 Å². The quantitative estimate of drug-likeness (QED) is 0.263. The van der Waals surface area contributed by atoms with Crippen LogP contribution in [0.2, 0.25) is 0 Å². The summed E-state index contributed by atoms with van der Waals surface area (Å²) in [4.78, 5) is 18.2. The van der Waals surface area contributed by atoms with Gasteiger partial charge in [-0.05, 0) is 41.8 Å². The molecule has 0 N–H and O–H groups in total. The van der Waals surface area contributed by atoms with Crippen molar-refractivity contribution in [3.8, 4) is 5.75 Å². The number of methoxy groups -OCH3 is 2. The Balaban J connectivity index is 1.36. The zero-order chi connectivity index (χ0) is 29.6. The molecule has 7 nitrogen and oxygen atoms in total. The Morgan fingerprint density at radius 3 is 2.38 bits per heavy atom. The molecule has 4 aromatic rings. The van der Waals surface area contributed by atoms with E-state index in [4.69, 9.17) is 9.47 Å². The smallest absolute Gasteiger partial charge is 0.416 e. The van der Waals surface area contributed by atoms with E-state index >= 15 is 4.39 Å². The molecule has 42 heavy (non-hydrogen) atoms. The summed E-state index contributed by atoms with van der Waals surface area (Å²) in [6.07, 6.45) is -3.81. The lowest BCUT2D eigenvalue weighted by molar-refractivity contribution is -0.138. The van der Waals surface area contributed by atoms with Crippen molar-refractivity contribution in [1.82, 2.24) is 14.0 Å². The molecule has 2 fully saturated rings. The maximum Gasteiger partial charge on any atom is 0.416 e. The summed E-state index contributed by atoms with van der Waals surface area (Å²) in [5, 5.41) is 0. The van der Waals surface area contributed by atoms with Crippen LogP contribution < -0.4 is 15.3 Å². The molecular formula is C31H32F4N4O3. The van der Waals surface area contributed by atoms with Crippen LogP contribution in [-0.4, -0.2) is 60.5 Å². The van der Waals surface area contributed by atoms with Crippen molar-refractivity contribution in [1.29, 1.82) is 0 Å². The Morgan fingerprint density at radius 2 is 1.64 bits per heavy atom. The lowest BCUT2D eigenvalue weighted by Crippen LogP contribution is -2.51. The van der Waals surface area contributed by atoms with E-state index in [1.165, 1.54) is 35.9 Å². The van der Waals surface area contributed by atoms with Crippen molar-refractivity contribution < 1.29 is 27.0 Å². The minimum absolute atomic E-state index is 0.0113. The van der Waals surface area contributed by atoms with Gasteiger partial charge in [0, 0.05) is 39.8 Å². The third kappa shape index (κ3) is 5.05. The molecular weight excluding hydrogens is 552 g/mol. The molecule has 3 aromatic carbocycles. The van der Waals surface area contributed by atoms with Crippen LogP contribution in [-0.2, 0) is 24.0 Å². The fraction of sp³-hybridized carbons (Fsp3) is 0.387. The number of fused-ring (bicyclic) bond motifs is 1. The molecule has 2 aliphatic heterocycles. The van der Waals surface area contributed by atoms with Crippen molar-refractivity contribution in [3.05, 3.63) is 93.7 Å². The van der Waals surface area contributed by atoms with Crippen LogP contribution in [0.15, 0.2) is 65.5 Å². The molecule has 1 atom stereocenters. The summed E-state index contributed by atoms with van der Waals surface area (Å²) in [6.45, 7) is 2.78. The van der Waals surface area contributed by atoms with Gasteiger partial charge in [-0.3, -0.25) is 14.0 Å². The summed E-state index contributed by atoms with van der Waals surface area (Å²) in [6, 6.07) is 15.3. The van der Waals surface area contributed by atoms with Gasteiger partial charge in [0.2, 0.25) is 0 Å². The lowest BCUT2D eigenvalue weighted by atomic mass is 10.1. The van der Waals surface area contributed by atoms with E-state index in [-0.39, 0.29) is 30.1 Å². The number of imidazole rings is 1. The van der Waals surface area contributed by atoms with Crippen LogP contribution in [0, 0.1) is 5.82 Å². The number of aromatic nitrogens is 2. The van der Waals surface area contributed by atoms with Crippen molar-refractivity contribution in [2.75, 3.05) is 45.3 Å². The van der Waals surface area contributed by atoms with Crippen molar-refractivity contribution in [2.45, 2.75) is 37.8 Å². The number of likely N-dealkylation sites (tertiary alicyclic amines) is 1. The maximum atomic E-state index is 15.3. The standard InChI is InChI=1S/C31H32F4N4O3/c1-41-23-18-36(19-23)15-21-8-5-10-25(32)28(21)37-14-13-22(17-37)39-26-11-6-12-27(42-2)29(26)38(30(39)40)16-20-7-3-4-9-24(20)31(33,34)35/h3-12,22-23H,13-19H2,1-2H3. The van der Waals surface area contributed by atoms with Gasteiger partial charge in [-0.2, -0.15) is 13.2 Å². The average molecular weight is 585 g/mol. The van der Waals surface area contributed by atoms with E-state index in [9.17, 15) is 18.0 Å². The lowest BCUT2D eigenvalue weighted by Gasteiger charge is -2.38. The number of halogens is 4. The Hall–Kier alpha value is -3.83. The molecule has 222 valence electrons. The number of hydrogen-bond donors (Lipinski definition) is 0. The molecule has 1 unspecified atom stereocenters. The average Bonchev–Trinajstić information content (AvgIpc) is 3.52. The van der Waals surface area contributed by atoms with Crippen LogP contribution >= 0.6 is 0 Å². The number of rotatable bonds is 8. The second-order valence-corrected chi connectivity index (χ2v) is 10.9. The normalized spacial score (nSPS) is 18.1. The number of para-hydroxylation sites is 2. The van der Waals surface area contributed by atoms with E-state index in [1.807, 2.05) is 11.0 Å². The highest BCUT2D eigenvalue weighted by Crippen LogP contribution is 2.36. The van der Waals surface area contributed by atoms with Gasteiger partial charge in [0.05, 0.1) is 42.6 Å². The monoisotopic (exact) mass is 584 g/mol. The summed E-state index contributed by atoms with van der Waals surface area (Å²) in [5.74, 6) is 0.0696. The van der Waals surface area contributed by atoms with Gasteiger partial charge in [0.1, 0.15) is 17.1 Å². The minimum Gasteiger partial charge on any atom is -0.494 e. The van der Waals surface area contributed by atoms with Gasteiger partial charge in [-0.15, -0.1) is 0 Å². The molecule has 1 aromatic heterocycles. The molecule has 0 bridgehead atoms. The molecule has 0 amide bonds. The van der Waals surface area contributed by atoms with E-state index in [0.29, 0.717) is 48.5 Å². The number of nitrogens with zero attached hydrogens (tertiary/aromatic N) is 4. The van der Waals surface area contributed by atoms with Crippen molar-refractivity contribution in [2.24, 2.45) is 0 Å². The molecule has 0 saturated carbocycles. The third-order valence-corrected chi connectivity index (χ3v) is 8.38. The number of alkyl halides is 3. The molecule has 2 aliphatic rings. The van der Waals surface area contributed by atoms with Gasteiger partial charge in [0.15, 0.2) is 0 Å². The van der Waals surface area contributed by atoms with E-state index < -0.39 is 17.4 Å². The highest BCUT2D eigenvalue weighted by molar-refractivity contribution is 5.83. The second-order valence-electron chi connectivity index (χ2n) is 10.9. The largest absolute Gasteiger partial charge is 0.494 e. The molecule has 11 heteroatoms. The Kier molecular flexibility index (Phi) is 7.48. The fourth-order valence-electron chi connectivity index (χ4n) is 6.31. The second kappa shape index (κ2) is 11.1. The highest BCUT2D eigenvalue weighted by Gasteiger charge is 2.35. The number of hydrogen-bond acceptors (Lipinski definition) is 5. The van der Waals surface area contributed by atoms with E-state index in [2.05, 4.69) is 4.90 Å². The zero-order valence-electron chi connectivity index (χ0n) is 23.4. The molecule has 0 spiro atoms. The maximum absolute atomic E-state index is 15.3. The van der Waals surface area contributed by atoms with Crippen LogP contribution in [0.5, 0.6) is 5.75 Å². The summed E-state index contributed by atoms with van der Waals surface area (Å²) >= 11 is 0. The van der Waals surface area contributed by atoms with Gasteiger partial charge >= 0.3 is 11.9 Å². The molecule has 0 radical (unpaired) electrons. The molecule has 3 heterocycles. The first-order valence-electron chi connectivity index (χ1n) is 13.9. The predicted molar refractivity (Wildman–Crippen MR) is 152 cm³/mol. The topological polar surface area (TPSA) is 51.9 Å². The molecule has 0 aliphatic carbocycles. The molecule has 6 rings (SSSR count). The van der Waals surface area contributed by atoms with Gasteiger partial charge < -0.3 is 14.4 Å². The van der Waals surface area contributed by atoms with Crippen LogP contribution in [0.1, 0.15) is 29.2 Å². The fourth-order valence-corrected chi connectivity index (χ4v) is 6.31. The number of anilines is 1. The van der Waals surface area contributed by atoms with Crippen LogP contribution in [0.4, 0.5) is 23.2 Å². The summed E-state index contributed by atoms with van der Waals surface area (Å²) < 4.78 is 70.6. The first-order valence-corrected chi connectivity index (χ1v) is 13.9. The first kappa shape index (κ1) is 28.3. The van der Waals surface area contributed by atoms with Gasteiger partial charge in [-0.25, -0.2) is 9.18 Å². The zero-order valence-corrected chi connectivity index (χ0v) is 23.4. The first-order chi connectivity index (χ1) is 20.2. The van der Waals surface area contributed by atoms with E-state index in [1.54, 1.807) is 35.9 Å². The predicted octanol–water partition coefficient (Wildman–Crippen LogP) is 5.30. The number of ether oxygens (including phenoxy) is 2. The SMILES string of the molecule is COc1cccc2c1n(Cc1ccccc1C(F)(F)F)c(=O)n2C1CCN(c2c(F)cccc2CN2CC(OC)C2)C1. The Morgan fingerprint density at radius 1 is 0.905 bits per heavy atom. The van der Waals surface area contributed by atoms with Crippen molar-refractivity contribution in [3.63, 3.8) is 0 Å². The van der Waals surface area contributed by atoms with E-state index in [0.717, 1.165) is 24.7 Å². The Bertz CT molecular complexity index is 1660. The molecule has 2 saturated heterocycles. The van der Waals surface area contributed by atoms with Gasteiger partial charge in [0.25, 0.3) is 0 Å². The summed E-state index contributed by atoms with van der Waals surface area (Å²) in [7, 11) is 3.15. The minimum atomic E-state index is -4.56. The third-order valence-electron chi connectivity index (χ3n) is 8.38. The highest BCUT2D eigenvalue weighted by atomic mass is 19.4. The van der Waals surface area contributed by atoms with Gasteiger partial charge in [-0.1, -0.05) is 36.4 Å². The van der Waals surface area contributed by atoms with Crippen molar-refractivity contribution >= 4 is 16.7 Å². The number of benzene rings is 3.